The third-order valence-corrected chi connectivity index (χ3v) is 3.82. The van der Waals surface area contributed by atoms with Crippen LogP contribution in [-0.2, 0) is 6.42 Å². The Morgan fingerprint density at radius 3 is 3.15 bits per heavy atom. The van der Waals surface area contributed by atoms with Crippen molar-refractivity contribution in [1.29, 1.82) is 0 Å². The number of nitrogens with one attached hydrogen (secondary N) is 2. The number of aromatic nitrogens is 4. The molecular formula is C13H15N5OS. The predicted molar refractivity (Wildman–Crippen MR) is 79.5 cm³/mol. The predicted octanol–water partition coefficient (Wildman–Crippen LogP) is 1.83. The van der Waals surface area contributed by atoms with Gasteiger partial charge in [0.2, 0.25) is 0 Å². The van der Waals surface area contributed by atoms with E-state index in [2.05, 4.69) is 44.2 Å². The topological polar surface area (TPSA) is 75.1 Å². The van der Waals surface area contributed by atoms with E-state index in [1.54, 1.807) is 24.3 Å². The van der Waals surface area contributed by atoms with Crippen LogP contribution < -0.4 is 11.0 Å². The van der Waals surface area contributed by atoms with Crippen molar-refractivity contribution in [3.63, 3.8) is 0 Å². The van der Waals surface area contributed by atoms with Gasteiger partial charge in [-0.25, -0.2) is 19.3 Å². The summed E-state index contributed by atoms with van der Waals surface area (Å²) >= 11 is 1.70. The van der Waals surface area contributed by atoms with Crippen LogP contribution in [0.1, 0.15) is 18.3 Å². The summed E-state index contributed by atoms with van der Waals surface area (Å²) in [5.41, 5.74) is 1.62. The van der Waals surface area contributed by atoms with E-state index in [0.717, 1.165) is 12.2 Å². The SMILES string of the molecule is Cc1nc(NC(C)Cc2ccsc2)cc2n[nH]c(=O)n12. The average molecular weight is 289 g/mol. The smallest absolute Gasteiger partial charge is 0.349 e. The third kappa shape index (κ3) is 2.44. The highest BCUT2D eigenvalue weighted by Crippen LogP contribution is 2.13. The Kier molecular flexibility index (Phi) is 3.27. The molecule has 0 radical (unpaired) electrons. The molecule has 0 spiro atoms. The van der Waals surface area contributed by atoms with Gasteiger partial charge in [-0.2, -0.15) is 16.4 Å². The van der Waals surface area contributed by atoms with Crippen molar-refractivity contribution in [1.82, 2.24) is 19.6 Å². The normalized spacial score (nSPS) is 12.7. The van der Waals surface area contributed by atoms with Crippen LogP contribution in [-0.4, -0.2) is 25.6 Å². The van der Waals surface area contributed by atoms with E-state index in [-0.39, 0.29) is 11.7 Å². The summed E-state index contributed by atoms with van der Waals surface area (Å²) in [4.78, 5) is 15.9. The minimum Gasteiger partial charge on any atom is -0.367 e. The molecule has 2 N–H and O–H groups in total. The largest absolute Gasteiger partial charge is 0.367 e. The van der Waals surface area contributed by atoms with E-state index in [0.29, 0.717) is 11.5 Å². The van der Waals surface area contributed by atoms with E-state index in [9.17, 15) is 4.79 Å². The van der Waals surface area contributed by atoms with E-state index in [4.69, 9.17) is 0 Å². The average Bonchev–Trinajstić information content (AvgIpc) is 2.99. The molecule has 0 aliphatic heterocycles. The molecule has 104 valence electrons. The molecule has 0 amide bonds. The maximum absolute atomic E-state index is 11.5. The molecule has 7 heteroatoms. The Hall–Kier alpha value is -2.15. The lowest BCUT2D eigenvalue weighted by Crippen LogP contribution is -2.20. The molecule has 20 heavy (non-hydrogen) atoms. The molecule has 6 nitrogen and oxygen atoms in total. The number of thiophene rings is 1. The number of rotatable bonds is 4. The minimum atomic E-state index is -0.261. The Morgan fingerprint density at radius 1 is 1.55 bits per heavy atom. The summed E-state index contributed by atoms with van der Waals surface area (Å²) in [6.45, 7) is 3.90. The summed E-state index contributed by atoms with van der Waals surface area (Å²) in [6.07, 6.45) is 0.933. The lowest BCUT2D eigenvalue weighted by molar-refractivity contribution is 0.782. The van der Waals surface area contributed by atoms with Crippen molar-refractivity contribution < 1.29 is 0 Å². The van der Waals surface area contributed by atoms with Gasteiger partial charge >= 0.3 is 5.69 Å². The van der Waals surface area contributed by atoms with E-state index < -0.39 is 0 Å². The zero-order valence-corrected chi connectivity index (χ0v) is 12.1. The Balaban J connectivity index is 1.82. The number of hydrogen-bond donors (Lipinski definition) is 2. The molecule has 0 aliphatic rings. The molecule has 1 unspecified atom stereocenters. The molecule has 0 saturated carbocycles. The fraction of sp³-hybridized carbons (Fsp3) is 0.308. The first-order chi connectivity index (χ1) is 9.63. The first-order valence-corrected chi connectivity index (χ1v) is 7.30. The second-order valence-corrected chi connectivity index (χ2v) is 5.57. The van der Waals surface area contributed by atoms with Crippen molar-refractivity contribution in [2.75, 3.05) is 5.32 Å². The van der Waals surface area contributed by atoms with Crippen molar-refractivity contribution in [2.45, 2.75) is 26.3 Å². The molecule has 0 aliphatic carbocycles. The maximum Gasteiger partial charge on any atom is 0.349 e. The molecule has 3 aromatic heterocycles. The molecule has 0 saturated heterocycles. The molecule has 3 heterocycles. The number of aryl methyl sites for hydroxylation is 1. The van der Waals surface area contributed by atoms with Crippen LogP contribution in [0.5, 0.6) is 0 Å². The second kappa shape index (κ2) is 5.09. The highest BCUT2D eigenvalue weighted by molar-refractivity contribution is 7.07. The van der Waals surface area contributed by atoms with Crippen LogP contribution >= 0.6 is 11.3 Å². The highest BCUT2D eigenvalue weighted by Gasteiger charge is 2.09. The molecular weight excluding hydrogens is 274 g/mol. The molecule has 0 bridgehead atoms. The zero-order chi connectivity index (χ0) is 14.1. The van der Waals surface area contributed by atoms with Gasteiger partial charge in [0.1, 0.15) is 11.6 Å². The standard InChI is InChI=1S/C13H15N5OS/c1-8(5-10-3-4-20-7-10)14-11-6-12-16-17-13(19)18(12)9(2)15-11/h3-4,6-8,14H,5H2,1-2H3,(H,17,19). The van der Waals surface area contributed by atoms with Gasteiger partial charge < -0.3 is 5.32 Å². The molecule has 0 aromatic carbocycles. The fourth-order valence-corrected chi connectivity index (χ4v) is 2.92. The third-order valence-electron chi connectivity index (χ3n) is 3.09. The number of H-pyrrole nitrogens is 1. The van der Waals surface area contributed by atoms with Gasteiger partial charge in [-0.05, 0) is 42.7 Å². The van der Waals surface area contributed by atoms with Crippen molar-refractivity contribution in [3.05, 3.63) is 44.8 Å². The molecule has 1 atom stereocenters. The van der Waals surface area contributed by atoms with Gasteiger partial charge in [-0.3, -0.25) is 0 Å². The maximum atomic E-state index is 11.5. The van der Waals surface area contributed by atoms with Gasteiger partial charge in [-0.15, -0.1) is 0 Å². The number of hydrogen-bond acceptors (Lipinski definition) is 5. The summed E-state index contributed by atoms with van der Waals surface area (Å²) in [5.74, 6) is 1.35. The van der Waals surface area contributed by atoms with Crippen LogP contribution in [0.4, 0.5) is 5.82 Å². The summed E-state index contributed by atoms with van der Waals surface area (Å²) in [5, 5.41) is 14.0. The summed E-state index contributed by atoms with van der Waals surface area (Å²) < 4.78 is 1.45. The molecule has 3 aromatic rings. The van der Waals surface area contributed by atoms with Crippen LogP contribution in [0.3, 0.4) is 0 Å². The van der Waals surface area contributed by atoms with Gasteiger partial charge in [0.05, 0.1) is 0 Å². The minimum absolute atomic E-state index is 0.254. The zero-order valence-electron chi connectivity index (χ0n) is 11.3. The lowest BCUT2D eigenvalue weighted by atomic mass is 10.1. The van der Waals surface area contributed by atoms with Crippen molar-refractivity contribution in [3.8, 4) is 0 Å². The highest BCUT2D eigenvalue weighted by atomic mass is 32.1. The first kappa shape index (κ1) is 12.9. The van der Waals surface area contributed by atoms with Crippen LogP contribution in [0.15, 0.2) is 27.7 Å². The van der Waals surface area contributed by atoms with Gasteiger partial charge in [0.25, 0.3) is 0 Å². The van der Waals surface area contributed by atoms with Gasteiger partial charge in [0.15, 0.2) is 5.65 Å². The quantitative estimate of drug-likeness (QED) is 0.768. The number of anilines is 1. The first-order valence-electron chi connectivity index (χ1n) is 6.36. The molecule has 0 fully saturated rings. The fourth-order valence-electron chi connectivity index (χ4n) is 2.24. The lowest BCUT2D eigenvalue weighted by Gasteiger charge is -2.14. The Bertz CT molecular complexity index is 774. The van der Waals surface area contributed by atoms with Crippen molar-refractivity contribution in [2.24, 2.45) is 0 Å². The summed E-state index contributed by atoms with van der Waals surface area (Å²) in [7, 11) is 0. The second-order valence-electron chi connectivity index (χ2n) is 4.79. The van der Waals surface area contributed by atoms with E-state index >= 15 is 0 Å². The van der Waals surface area contributed by atoms with E-state index in [1.807, 2.05) is 0 Å². The Morgan fingerprint density at radius 2 is 2.40 bits per heavy atom. The van der Waals surface area contributed by atoms with Crippen LogP contribution in [0, 0.1) is 6.92 Å². The monoisotopic (exact) mass is 289 g/mol. The Labute approximate surface area is 119 Å². The number of aromatic amines is 1. The van der Waals surface area contributed by atoms with Crippen LogP contribution in [0.25, 0.3) is 5.65 Å². The van der Waals surface area contributed by atoms with Gasteiger partial charge in [0, 0.05) is 12.1 Å². The molecule has 3 rings (SSSR count). The van der Waals surface area contributed by atoms with E-state index in [1.165, 1.54) is 9.96 Å². The van der Waals surface area contributed by atoms with Gasteiger partial charge in [-0.1, -0.05) is 0 Å². The summed E-state index contributed by atoms with van der Waals surface area (Å²) in [6, 6.07) is 4.15. The van der Waals surface area contributed by atoms with Crippen molar-refractivity contribution >= 4 is 22.8 Å². The number of fused-ring (bicyclic) bond motifs is 1. The van der Waals surface area contributed by atoms with Crippen LogP contribution in [0.2, 0.25) is 0 Å². The number of nitrogens with zero attached hydrogens (tertiary/aromatic N) is 3.